The number of piperidine rings is 1. The third-order valence-electron chi connectivity index (χ3n) is 4.83. The van der Waals surface area contributed by atoms with Gasteiger partial charge in [-0.15, -0.1) is 0 Å². The largest absolute Gasteiger partial charge is 0.388 e. The molecule has 0 aromatic carbocycles. The van der Waals surface area contributed by atoms with Crippen molar-refractivity contribution in [3.05, 3.63) is 0 Å². The molecule has 0 bridgehead atoms. The fraction of sp³-hybridized carbons (Fsp3) is 0.933. The Labute approximate surface area is 111 Å². The third kappa shape index (κ3) is 2.71. The first-order valence-corrected chi connectivity index (χ1v) is 7.70. The maximum Gasteiger partial charge on any atom is 0.155 e. The Bertz CT molecular complexity index is 322. The number of rotatable bonds is 2. The van der Waals surface area contributed by atoms with Crippen molar-refractivity contribution in [1.29, 1.82) is 0 Å². The van der Waals surface area contributed by atoms with Crippen LogP contribution in [0.25, 0.3) is 0 Å². The van der Waals surface area contributed by atoms with Crippen LogP contribution in [0, 0.1) is 5.92 Å². The van der Waals surface area contributed by atoms with E-state index in [9.17, 15) is 0 Å². The van der Waals surface area contributed by atoms with Gasteiger partial charge < -0.3 is 4.84 Å². The van der Waals surface area contributed by atoms with Gasteiger partial charge in [-0.1, -0.05) is 24.4 Å². The van der Waals surface area contributed by atoms with Gasteiger partial charge in [0.2, 0.25) is 0 Å². The van der Waals surface area contributed by atoms with Crippen LogP contribution in [0.5, 0.6) is 0 Å². The highest BCUT2D eigenvalue weighted by molar-refractivity contribution is 5.83. The Hall–Kier alpha value is -0.570. The van der Waals surface area contributed by atoms with Crippen molar-refractivity contribution in [1.82, 2.24) is 4.90 Å². The van der Waals surface area contributed by atoms with Crippen molar-refractivity contribution in [3.63, 3.8) is 0 Å². The van der Waals surface area contributed by atoms with E-state index < -0.39 is 0 Å². The molecule has 0 radical (unpaired) electrons. The smallest absolute Gasteiger partial charge is 0.155 e. The Morgan fingerprint density at radius 1 is 1.28 bits per heavy atom. The van der Waals surface area contributed by atoms with Crippen LogP contribution in [0.15, 0.2) is 5.16 Å². The molecule has 0 amide bonds. The summed E-state index contributed by atoms with van der Waals surface area (Å²) in [7, 11) is 0. The Morgan fingerprint density at radius 3 is 2.83 bits per heavy atom. The van der Waals surface area contributed by atoms with Crippen molar-refractivity contribution < 1.29 is 4.84 Å². The van der Waals surface area contributed by atoms with Crippen LogP contribution in [0.1, 0.15) is 58.3 Å². The van der Waals surface area contributed by atoms with E-state index in [1.54, 1.807) is 0 Å². The minimum atomic E-state index is 0.0387. The van der Waals surface area contributed by atoms with Crippen molar-refractivity contribution in [2.24, 2.45) is 11.1 Å². The summed E-state index contributed by atoms with van der Waals surface area (Å²) in [5, 5.41) is 4.18. The molecule has 3 rings (SSSR count). The second kappa shape index (κ2) is 5.20. The lowest BCUT2D eigenvalue weighted by molar-refractivity contribution is -0.0718. The molecule has 2 aliphatic heterocycles. The van der Waals surface area contributed by atoms with E-state index in [1.165, 1.54) is 63.7 Å². The molecule has 2 fully saturated rings. The normalized spacial score (nSPS) is 34.6. The van der Waals surface area contributed by atoms with Crippen molar-refractivity contribution >= 4 is 5.71 Å². The summed E-state index contributed by atoms with van der Waals surface area (Å²) in [6.45, 7) is 5.75. The highest BCUT2D eigenvalue weighted by Gasteiger charge is 2.42. The number of hydrogen-bond acceptors (Lipinski definition) is 3. The molecule has 102 valence electrons. The van der Waals surface area contributed by atoms with Gasteiger partial charge in [0.15, 0.2) is 5.60 Å². The molecule has 0 N–H and O–H groups in total. The van der Waals surface area contributed by atoms with E-state index >= 15 is 0 Å². The predicted octanol–water partition coefficient (Wildman–Crippen LogP) is 3.20. The second-order valence-corrected chi connectivity index (χ2v) is 6.62. The van der Waals surface area contributed by atoms with Crippen LogP contribution in [0.3, 0.4) is 0 Å². The summed E-state index contributed by atoms with van der Waals surface area (Å²) >= 11 is 0. The first kappa shape index (κ1) is 12.5. The van der Waals surface area contributed by atoms with E-state index in [4.69, 9.17) is 4.84 Å². The second-order valence-electron chi connectivity index (χ2n) is 6.62. The molecule has 2 heterocycles. The number of likely N-dealkylation sites (tertiary alicyclic amines) is 1. The van der Waals surface area contributed by atoms with Gasteiger partial charge in [-0.3, -0.25) is 4.90 Å². The number of oxime groups is 1. The van der Waals surface area contributed by atoms with Gasteiger partial charge in [0.25, 0.3) is 0 Å². The summed E-state index contributed by atoms with van der Waals surface area (Å²) in [4.78, 5) is 8.41. The zero-order chi connectivity index (χ0) is 12.4. The average Bonchev–Trinajstić information content (AvgIpc) is 2.72. The van der Waals surface area contributed by atoms with Gasteiger partial charge in [0.1, 0.15) is 0 Å². The molecule has 3 heteroatoms. The monoisotopic (exact) mass is 250 g/mol. The molecular formula is C15H26N2O. The lowest BCUT2D eigenvalue weighted by atomic mass is 9.85. The number of nitrogens with zero attached hydrogens (tertiary/aromatic N) is 2. The van der Waals surface area contributed by atoms with E-state index in [-0.39, 0.29) is 5.60 Å². The minimum Gasteiger partial charge on any atom is -0.388 e. The molecule has 1 atom stereocenters. The quantitative estimate of drug-likeness (QED) is 0.752. The van der Waals surface area contributed by atoms with E-state index in [0.717, 1.165) is 18.9 Å². The zero-order valence-corrected chi connectivity index (χ0v) is 11.7. The lowest BCUT2D eigenvalue weighted by Crippen LogP contribution is -2.49. The fourth-order valence-corrected chi connectivity index (χ4v) is 4.01. The Kier molecular flexibility index (Phi) is 3.60. The molecule has 3 aliphatic rings. The highest BCUT2D eigenvalue weighted by atomic mass is 16.7. The Morgan fingerprint density at radius 2 is 2.11 bits per heavy atom. The zero-order valence-electron chi connectivity index (χ0n) is 11.7. The van der Waals surface area contributed by atoms with Crippen molar-refractivity contribution in [2.75, 3.05) is 19.6 Å². The molecular weight excluding hydrogens is 224 g/mol. The first-order valence-electron chi connectivity index (χ1n) is 7.70. The van der Waals surface area contributed by atoms with Crippen LogP contribution >= 0.6 is 0 Å². The SMILES string of the molecule is CC1=NOC2(CCCN(CC3CCCCC3)C2)C1. The summed E-state index contributed by atoms with van der Waals surface area (Å²) in [5.74, 6) is 0.942. The van der Waals surface area contributed by atoms with Crippen LogP contribution < -0.4 is 0 Å². The molecule has 1 spiro atoms. The molecule has 1 saturated carbocycles. The summed E-state index contributed by atoms with van der Waals surface area (Å²) in [6, 6.07) is 0. The molecule has 1 saturated heterocycles. The summed E-state index contributed by atoms with van der Waals surface area (Å²) in [5.41, 5.74) is 1.21. The standard InChI is InChI=1S/C15H26N2O/c1-13-10-15(18-16-13)8-5-9-17(12-15)11-14-6-3-2-4-7-14/h14H,2-12H2,1H3. The van der Waals surface area contributed by atoms with E-state index in [0.29, 0.717) is 0 Å². The molecule has 0 aromatic rings. The average molecular weight is 250 g/mol. The van der Waals surface area contributed by atoms with Crippen LogP contribution in [-0.2, 0) is 4.84 Å². The highest BCUT2D eigenvalue weighted by Crippen LogP contribution is 2.34. The Balaban J connectivity index is 1.54. The van der Waals surface area contributed by atoms with Crippen LogP contribution in [-0.4, -0.2) is 35.8 Å². The summed E-state index contributed by atoms with van der Waals surface area (Å²) < 4.78 is 0. The molecule has 3 nitrogen and oxygen atoms in total. The molecule has 18 heavy (non-hydrogen) atoms. The van der Waals surface area contributed by atoms with Crippen molar-refractivity contribution in [3.8, 4) is 0 Å². The van der Waals surface area contributed by atoms with Gasteiger partial charge in [-0.25, -0.2) is 0 Å². The lowest BCUT2D eigenvalue weighted by Gasteiger charge is -2.40. The molecule has 1 unspecified atom stereocenters. The summed E-state index contributed by atoms with van der Waals surface area (Å²) in [6.07, 6.45) is 10.7. The van der Waals surface area contributed by atoms with E-state index in [2.05, 4.69) is 17.0 Å². The van der Waals surface area contributed by atoms with Gasteiger partial charge in [0, 0.05) is 19.5 Å². The number of hydrogen-bond donors (Lipinski definition) is 0. The van der Waals surface area contributed by atoms with Crippen LogP contribution in [0.2, 0.25) is 0 Å². The van der Waals surface area contributed by atoms with Gasteiger partial charge in [-0.05, 0) is 45.1 Å². The van der Waals surface area contributed by atoms with Crippen molar-refractivity contribution in [2.45, 2.75) is 63.9 Å². The minimum absolute atomic E-state index is 0.0387. The van der Waals surface area contributed by atoms with E-state index in [1.807, 2.05) is 0 Å². The maximum absolute atomic E-state index is 5.76. The molecule has 1 aliphatic carbocycles. The predicted molar refractivity (Wildman–Crippen MR) is 73.8 cm³/mol. The topological polar surface area (TPSA) is 24.8 Å². The van der Waals surface area contributed by atoms with Gasteiger partial charge in [-0.2, -0.15) is 0 Å². The fourth-order valence-electron chi connectivity index (χ4n) is 4.01. The third-order valence-corrected chi connectivity index (χ3v) is 4.83. The van der Waals surface area contributed by atoms with Crippen LogP contribution in [0.4, 0.5) is 0 Å². The first-order chi connectivity index (χ1) is 8.76. The van der Waals surface area contributed by atoms with Gasteiger partial charge >= 0.3 is 0 Å². The maximum atomic E-state index is 5.76. The van der Waals surface area contributed by atoms with Gasteiger partial charge in [0.05, 0.1) is 5.71 Å². The molecule has 0 aromatic heterocycles.